The van der Waals surface area contributed by atoms with Gasteiger partial charge in [-0.2, -0.15) is 0 Å². The monoisotopic (exact) mass is 194 g/mol. The third-order valence-corrected chi connectivity index (χ3v) is 0.526. The SMILES string of the molecule is O=C(OCC(F)F)OC(F)(F)F. The van der Waals surface area contributed by atoms with Crippen LogP contribution in [0, 0.1) is 0 Å². The third kappa shape index (κ3) is 7.03. The molecule has 0 fully saturated rings. The van der Waals surface area contributed by atoms with Gasteiger partial charge in [-0.1, -0.05) is 0 Å². The van der Waals surface area contributed by atoms with E-state index >= 15 is 0 Å². The standard InChI is InChI=1S/C4H3F5O3/c5-2(6)1-11-3(10)12-4(7,8)9/h2H,1H2. The quantitative estimate of drug-likeness (QED) is 0.497. The highest BCUT2D eigenvalue weighted by molar-refractivity contribution is 5.60. The summed E-state index contributed by atoms with van der Waals surface area (Å²) in [5.74, 6) is 0. The lowest BCUT2D eigenvalue weighted by Crippen LogP contribution is -2.21. The second kappa shape index (κ2) is 4.07. The van der Waals surface area contributed by atoms with E-state index in [0.717, 1.165) is 0 Å². The second-order valence-electron chi connectivity index (χ2n) is 1.50. The number of hydrogen-bond donors (Lipinski definition) is 0. The molecular weight excluding hydrogens is 191 g/mol. The summed E-state index contributed by atoms with van der Waals surface area (Å²) in [5, 5.41) is 0. The molecule has 0 spiro atoms. The average Bonchev–Trinajstić information content (AvgIpc) is 1.79. The van der Waals surface area contributed by atoms with E-state index in [0.29, 0.717) is 0 Å². The van der Waals surface area contributed by atoms with E-state index in [1.807, 2.05) is 0 Å². The highest BCUT2D eigenvalue weighted by atomic mass is 19.4. The Balaban J connectivity index is 3.61. The number of carbonyl (C=O) groups is 1. The minimum absolute atomic E-state index is 1.42. The molecule has 3 nitrogen and oxygen atoms in total. The molecule has 0 aromatic rings. The summed E-state index contributed by atoms with van der Waals surface area (Å²) in [4.78, 5) is 9.87. The normalized spacial score (nSPS) is 11.5. The van der Waals surface area contributed by atoms with Crippen molar-refractivity contribution in [2.45, 2.75) is 12.8 Å². The van der Waals surface area contributed by atoms with E-state index in [4.69, 9.17) is 0 Å². The smallest absolute Gasteiger partial charge is 0.428 e. The molecule has 0 radical (unpaired) electrons. The molecule has 12 heavy (non-hydrogen) atoms. The van der Waals surface area contributed by atoms with E-state index in [2.05, 4.69) is 9.47 Å². The van der Waals surface area contributed by atoms with Gasteiger partial charge in [0.25, 0.3) is 6.43 Å². The van der Waals surface area contributed by atoms with Gasteiger partial charge < -0.3 is 9.47 Å². The molecule has 0 amide bonds. The van der Waals surface area contributed by atoms with Crippen molar-refractivity contribution < 1.29 is 36.2 Å². The number of ether oxygens (including phenoxy) is 2. The first kappa shape index (κ1) is 10.9. The summed E-state index contributed by atoms with van der Waals surface area (Å²) in [6.45, 7) is -1.42. The highest BCUT2D eigenvalue weighted by Crippen LogP contribution is 2.16. The van der Waals surface area contributed by atoms with Gasteiger partial charge in [-0.25, -0.2) is 13.6 Å². The van der Waals surface area contributed by atoms with E-state index in [1.165, 1.54) is 0 Å². The molecule has 0 saturated heterocycles. The lowest BCUT2D eigenvalue weighted by molar-refractivity contribution is -0.299. The first-order valence-electron chi connectivity index (χ1n) is 2.52. The van der Waals surface area contributed by atoms with Crippen molar-refractivity contribution in [2.75, 3.05) is 6.61 Å². The van der Waals surface area contributed by atoms with Gasteiger partial charge in [-0.3, -0.25) is 0 Å². The number of carbonyl (C=O) groups excluding carboxylic acids is 1. The van der Waals surface area contributed by atoms with Crippen molar-refractivity contribution >= 4 is 6.16 Å². The predicted octanol–water partition coefficient (Wildman–Crippen LogP) is 1.92. The van der Waals surface area contributed by atoms with Gasteiger partial charge in [0, 0.05) is 0 Å². The number of hydrogen-bond acceptors (Lipinski definition) is 3. The van der Waals surface area contributed by atoms with Crippen LogP contribution in [0.4, 0.5) is 26.7 Å². The summed E-state index contributed by atoms with van der Waals surface area (Å²) < 4.78 is 61.7. The van der Waals surface area contributed by atoms with E-state index in [9.17, 15) is 26.7 Å². The summed E-state index contributed by atoms with van der Waals surface area (Å²) in [6, 6.07) is 0. The molecule has 0 atom stereocenters. The summed E-state index contributed by atoms with van der Waals surface area (Å²) in [5.41, 5.74) is 0. The maximum absolute atomic E-state index is 11.2. The van der Waals surface area contributed by atoms with Crippen LogP contribution in [0.5, 0.6) is 0 Å². The van der Waals surface area contributed by atoms with Crippen LogP contribution in [-0.4, -0.2) is 25.6 Å². The molecule has 0 saturated carbocycles. The van der Waals surface area contributed by atoms with Crippen LogP contribution in [0.15, 0.2) is 0 Å². The molecule has 0 aliphatic rings. The molecule has 0 rings (SSSR count). The molecule has 0 aliphatic carbocycles. The molecule has 0 aromatic carbocycles. The Morgan fingerprint density at radius 1 is 1.33 bits per heavy atom. The van der Waals surface area contributed by atoms with Gasteiger partial charge in [-0.15, -0.1) is 13.2 Å². The van der Waals surface area contributed by atoms with Gasteiger partial charge in [0.2, 0.25) is 0 Å². The molecule has 0 bridgehead atoms. The van der Waals surface area contributed by atoms with Gasteiger partial charge in [0.1, 0.15) is 0 Å². The first-order valence-corrected chi connectivity index (χ1v) is 2.52. The summed E-state index contributed by atoms with van der Waals surface area (Å²) >= 11 is 0. The molecule has 72 valence electrons. The maximum atomic E-state index is 11.2. The van der Waals surface area contributed by atoms with Crippen LogP contribution >= 0.6 is 0 Å². The maximum Gasteiger partial charge on any atom is 0.577 e. The second-order valence-corrected chi connectivity index (χ2v) is 1.50. The lowest BCUT2D eigenvalue weighted by Gasteiger charge is -2.06. The summed E-state index contributed by atoms with van der Waals surface area (Å²) in [7, 11) is 0. The van der Waals surface area contributed by atoms with Crippen LogP contribution in [-0.2, 0) is 9.47 Å². The topological polar surface area (TPSA) is 35.5 Å². The van der Waals surface area contributed by atoms with Crippen molar-refractivity contribution in [3.05, 3.63) is 0 Å². The fourth-order valence-corrected chi connectivity index (χ4v) is 0.255. The minimum Gasteiger partial charge on any atom is -0.428 e. The molecule has 0 aliphatic heterocycles. The Morgan fingerprint density at radius 2 is 1.83 bits per heavy atom. The zero-order valence-corrected chi connectivity index (χ0v) is 5.40. The molecule has 8 heteroatoms. The Kier molecular flexibility index (Phi) is 3.71. The average molecular weight is 194 g/mol. The van der Waals surface area contributed by atoms with Crippen LogP contribution < -0.4 is 0 Å². The molecule has 0 heterocycles. The third-order valence-electron chi connectivity index (χ3n) is 0.526. The van der Waals surface area contributed by atoms with Crippen LogP contribution in [0.25, 0.3) is 0 Å². The fraction of sp³-hybridized carbons (Fsp3) is 0.750. The summed E-state index contributed by atoms with van der Waals surface area (Å²) in [6.07, 6.45) is -10.4. The van der Waals surface area contributed by atoms with Crippen molar-refractivity contribution in [3.8, 4) is 0 Å². The van der Waals surface area contributed by atoms with Crippen LogP contribution in [0.1, 0.15) is 0 Å². The van der Waals surface area contributed by atoms with E-state index in [-0.39, 0.29) is 0 Å². The largest absolute Gasteiger partial charge is 0.577 e. The zero-order chi connectivity index (χ0) is 9.78. The van der Waals surface area contributed by atoms with Crippen LogP contribution in [0.3, 0.4) is 0 Å². The lowest BCUT2D eigenvalue weighted by atomic mass is 10.8. The van der Waals surface area contributed by atoms with Gasteiger partial charge in [0.05, 0.1) is 0 Å². The number of halogens is 5. The Bertz CT molecular complexity index is 153. The minimum atomic E-state index is -5.21. The first-order chi connectivity index (χ1) is 5.31. The zero-order valence-electron chi connectivity index (χ0n) is 5.40. The van der Waals surface area contributed by atoms with Crippen molar-refractivity contribution in [2.24, 2.45) is 0 Å². The number of rotatable bonds is 2. The highest BCUT2D eigenvalue weighted by Gasteiger charge is 2.35. The Labute approximate surface area is 63.1 Å². The van der Waals surface area contributed by atoms with E-state index < -0.39 is 25.6 Å². The van der Waals surface area contributed by atoms with E-state index in [1.54, 1.807) is 0 Å². The predicted molar refractivity (Wildman–Crippen MR) is 24.5 cm³/mol. The van der Waals surface area contributed by atoms with Gasteiger partial charge in [-0.05, 0) is 0 Å². The Morgan fingerprint density at radius 3 is 2.17 bits per heavy atom. The fourth-order valence-electron chi connectivity index (χ4n) is 0.255. The number of alkyl halides is 5. The van der Waals surface area contributed by atoms with Crippen molar-refractivity contribution in [1.29, 1.82) is 0 Å². The van der Waals surface area contributed by atoms with Crippen molar-refractivity contribution in [1.82, 2.24) is 0 Å². The molecule has 0 N–H and O–H groups in total. The van der Waals surface area contributed by atoms with Gasteiger partial charge >= 0.3 is 12.5 Å². The Hall–Kier alpha value is -1.08. The molecule has 0 aromatic heterocycles. The van der Waals surface area contributed by atoms with Crippen molar-refractivity contribution in [3.63, 3.8) is 0 Å². The van der Waals surface area contributed by atoms with Gasteiger partial charge in [0.15, 0.2) is 6.61 Å². The molecule has 0 unspecified atom stereocenters. The van der Waals surface area contributed by atoms with Crippen LogP contribution in [0.2, 0.25) is 0 Å². The molecular formula is C4H3F5O3.